The van der Waals surface area contributed by atoms with E-state index in [0.717, 1.165) is 0 Å². The van der Waals surface area contributed by atoms with E-state index in [1.54, 1.807) is 26.8 Å². The van der Waals surface area contributed by atoms with Crippen LogP contribution >= 0.6 is 0 Å². The molecule has 22 heavy (non-hydrogen) atoms. The molecular weight excluding hydrogens is 284 g/mol. The number of hydrogen-bond acceptors (Lipinski definition) is 5. The molecule has 1 amide bonds. The number of hydrogen-bond donors (Lipinski definition) is 2. The summed E-state index contributed by atoms with van der Waals surface area (Å²) in [6, 6.07) is 6.66. The molecule has 0 heterocycles. The fraction of sp³-hybridized carbons (Fsp3) is 0.438. The Morgan fingerprint density at radius 2 is 2.05 bits per heavy atom. The average molecular weight is 302 g/mol. The van der Waals surface area contributed by atoms with Gasteiger partial charge in [-0.05, 0) is 38.5 Å². The molecule has 2 rings (SSSR count). The summed E-state index contributed by atoms with van der Waals surface area (Å²) in [5.41, 5.74) is -0.742. The van der Waals surface area contributed by atoms with Gasteiger partial charge in [0.05, 0.1) is 17.2 Å². The lowest BCUT2D eigenvalue weighted by molar-refractivity contribution is -0.126. The normalized spacial score (nSPS) is 16.4. The van der Waals surface area contributed by atoms with Gasteiger partial charge in [0, 0.05) is 12.8 Å². The fourth-order valence-electron chi connectivity index (χ4n) is 2.32. The summed E-state index contributed by atoms with van der Waals surface area (Å²) in [6.45, 7) is 5.21. The first-order valence-electron chi connectivity index (χ1n) is 6.92. The number of phenols is 1. The number of ether oxygens (including phenoxy) is 1. The SMILES string of the molecule is CC(C)(C)OC(=O)Nc1ccc(C2(C#N)CC(=O)C2)cc1O. The van der Waals surface area contributed by atoms with E-state index in [4.69, 9.17) is 4.74 Å². The smallest absolute Gasteiger partial charge is 0.412 e. The molecule has 1 aromatic rings. The number of anilines is 1. The van der Waals surface area contributed by atoms with Crippen LogP contribution in [0.15, 0.2) is 18.2 Å². The molecule has 1 aromatic carbocycles. The van der Waals surface area contributed by atoms with Crippen LogP contribution in [0.1, 0.15) is 39.2 Å². The van der Waals surface area contributed by atoms with Crippen molar-refractivity contribution in [3.8, 4) is 11.8 Å². The van der Waals surface area contributed by atoms with Gasteiger partial charge in [0.15, 0.2) is 0 Å². The Kier molecular flexibility index (Phi) is 3.84. The van der Waals surface area contributed by atoms with Crippen LogP contribution in [0.5, 0.6) is 5.75 Å². The molecule has 0 unspecified atom stereocenters. The zero-order chi connectivity index (χ0) is 16.5. The van der Waals surface area contributed by atoms with Crippen molar-refractivity contribution in [1.82, 2.24) is 0 Å². The van der Waals surface area contributed by atoms with Crippen LogP contribution in [0, 0.1) is 11.3 Å². The Hall–Kier alpha value is -2.55. The van der Waals surface area contributed by atoms with Crippen LogP contribution in [-0.2, 0) is 14.9 Å². The number of phenolic OH excluding ortho intramolecular Hbond substituents is 1. The van der Waals surface area contributed by atoms with Crippen LogP contribution in [0.4, 0.5) is 10.5 Å². The fourth-order valence-corrected chi connectivity index (χ4v) is 2.32. The Morgan fingerprint density at radius 1 is 1.41 bits per heavy atom. The van der Waals surface area contributed by atoms with Gasteiger partial charge in [-0.25, -0.2) is 4.79 Å². The molecule has 1 fully saturated rings. The number of amides is 1. The average Bonchev–Trinajstić information content (AvgIpc) is 2.35. The zero-order valence-electron chi connectivity index (χ0n) is 12.8. The Morgan fingerprint density at radius 3 is 2.50 bits per heavy atom. The maximum absolute atomic E-state index is 11.7. The largest absolute Gasteiger partial charge is 0.506 e. The second-order valence-electron chi connectivity index (χ2n) is 6.44. The lowest BCUT2D eigenvalue weighted by Crippen LogP contribution is -2.40. The lowest BCUT2D eigenvalue weighted by atomic mass is 9.64. The van der Waals surface area contributed by atoms with Gasteiger partial charge in [-0.3, -0.25) is 10.1 Å². The van der Waals surface area contributed by atoms with Crippen LogP contribution in [0.2, 0.25) is 0 Å². The number of nitrogens with one attached hydrogen (secondary N) is 1. The molecule has 6 nitrogen and oxygen atoms in total. The highest BCUT2D eigenvalue weighted by Crippen LogP contribution is 2.42. The molecule has 0 spiro atoms. The quantitative estimate of drug-likeness (QED) is 0.818. The minimum absolute atomic E-state index is 0.0250. The van der Waals surface area contributed by atoms with Gasteiger partial charge in [-0.2, -0.15) is 5.26 Å². The van der Waals surface area contributed by atoms with Crippen molar-refractivity contribution in [3.63, 3.8) is 0 Å². The van der Waals surface area contributed by atoms with Crippen molar-refractivity contribution in [3.05, 3.63) is 23.8 Å². The second-order valence-corrected chi connectivity index (χ2v) is 6.44. The Bertz CT molecular complexity index is 660. The summed E-state index contributed by atoms with van der Waals surface area (Å²) in [5.74, 6) is -0.144. The molecule has 0 saturated heterocycles. The van der Waals surface area contributed by atoms with Crippen LogP contribution in [0.3, 0.4) is 0 Å². The number of benzene rings is 1. The first-order valence-corrected chi connectivity index (χ1v) is 6.92. The first-order chi connectivity index (χ1) is 10.1. The number of carbonyl (C=O) groups excluding carboxylic acids is 2. The molecule has 6 heteroatoms. The number of aromatic hydroxyl groups is 1. The van der Waals surface area contributed by atoms with Gasteiger partial charge in [0.2, 0.25) is 0 Å². The topological polar surface area (TPSA) is 99.4 Å². The standard InChI is InChI=1S/C16H18N2O4/c1-15(2,3)22-14(21)18-12-5-4-10(6-13(12)20)16(9-17)7-11(19)8-16/h4-6,20H,7-8H2,1-3H3,(H,18,21). The van der Waals surface area contributed by atoms with E-state index in [0.29, 0.717) is 5.56 Å². The third-order valence-corrected chi connectivity index (χ3v) is 3.40. The third kappa shape index (κ3) is 3.19. The summed E-state index contributed by atoms with van der Waals surface area (Å²) in [5, 5.41) is 21.7. The Balaban J connectivity index is 2.16. The predicted molar refractivity (Wildman–Crippen MR) is 79.5 cm³/mol. The van der Waals surface area contributed by atoms with E-state index in [-0.39, 0.29) is 30.1 Å². The van der Waals surface area contributed by atoms with Crippen molar-refractivity contribution in [2.45, 2.75) is 44.6 Å². The number of Topliss-reactive ketones (excluding diaryl/α,β-unsaturated/α-hetero) is 1. The zero-order valence-corrected chi connectivity index (χ0v) is 12.8. The molecule has 0 radical (unpaired) electrons. The van der Waals surface area contributed by atoms with Gasteiger partial charge in [0.1, 0.15) is 17.1 Å². The highest BCUT2D eigenvalue weighted by molar-refractivity contribution is 5.91. The van der Waals surface area contributed by atoms with E-state index < -0.39 is 17.1 Å². The van der Waals surface area contributed by atoms with Crippen molar-refractivity contribution >= 4 is 17.6 Å². The molecule has 0 atom stereocenters. The molecule has 1 saturated carbocycles. The van der Waals surface area contributed by atoms with E-state index >= 15 is 0 Å². The lowest BCUT2D eigenvalue weighted by Gasteiger charge is -2.34. The summed E-state index contributed by atoms with van der Waals surface area (Å²) >= 11 is 0. The summed E-state index contributed by atoms with van der Waals surface area (Å²) in [6.07, 6.45) is -0.367. The van der Waals surface area contributed by atoms with Gasteiger partial charge in [-0.1, -0.05) is 6.07 Å². The third-order valence-electron chi connectivity index (χ3n) is 3.40. The molecule has 0 aromatic heterocycles. The minimum Gasteiger partial charge on any atom is -0.506 e. The molecule has 1 aliphatic rings. The highest BCUT2D eigenvalue weighted by atomic mass is 16.6. The number of ketones is 1. The van der Waals surface area contributed by atoms with Crippen LogP contribution < -0.4 is 5.32 Å². The maximum atomic E-state index is 11.7. The van der Waals surface area contributed by atoms with Gasteiger partial charge in [0.25, 0.3) is 0 Å². The van der Waals surface area contributed by atoms with E-state index in [9.17, 15) is 20.0 Å². The number of rotatable bonds is 2. The summed E-state index contributed by atoms with van der Waals surface area (Å²) < 4.78 is 5.10. The van der Waals surface area contributed by atoms with Crippen LogP contribution in [0.25, 0.3) is 0 Å². The van der Waals surface area contributed by atoms with Crippen molar-refractivity contribution in [2.75, 3.05) is 5.32 Å². The molecule has 1 aliphatic carbocycles. The van der Waals surface area contributed by atoms with Gasteiger partial charge < -0.3 is 9.84 Å². The highest BCUT2D eigenvalue weighted by Gasteiger charge is 2.45. The summed E-state index contributed by atoms with van der Waals surface area (Å²) in [7, 11) is 0. The molecular formula is C16H18N2O4. The molecule has 0 aliphatic heterocycles. The van der Waals surface area contributed by atoms with E-state index in [1.165, 1.54) is 12.1 Å². The molecule has 2 N–H and O–H groups in total. The maximum Gasteiger partial charge on any atom is 0.412 e. The Labute approximate surface area is 128 Å². The monoisotopic (exact) mass is 302 g/mol. The molecule has 0 bridgehead atoms. The first kappa shape index (κ1) is 15.8. The van der Waals surface area contributed by atoms with Crippen molar-refractivity contribution in [2.24, 2.45) is 0 Å². The van der Waals surface area contributed by atoms with Crippen molar-refractivity contribution < 1.29 is 19.4 Å². The molecule has 116 valence electrons. The van der Waals surface area contributed by atoms with Crippen LogP contribution in [-0.4, -0.2) is 22.6 Å². The van der Waals surface area contributed by atoms with Crippen molar-refractivity contribution in [1.29, 1.82) is 5.26 Å². The number of nitriles is 1. The minimum atomic E-state index is -0.862. The van der Waals surface area contributed by atoms with E-state index in [1.807, 2.05) is 0 Å². The number of nitrogens with zero attached hydrogens (tertiary/aromatic N) is 1. The second kappa shape index (κ2) is 5.34. The van der Waals surface area contributed by atoms with Gasteiger partial charge >= 0.3 is 6.09 Å². The van der Waals surface area contributed by atoms with E-state index in [2.05, 4.69) is 11.4 Å². The van der Waals surface area contributed by atoms with Gasteiger partial charge in [-0.15, -0.1) is 0 Å². The predicted octanol–water partition coefficient (Wildman–Crippen LogP) is 2.86. The summed E-state index contributed by atoms with van der Waals surface area (Å²) in [4.78, 5) is 22.9. The number of carbonyl (C=O) groups is 2.